The first kappa shape index (κ1) is 18.1. The highest BCUT2D eigenvalue weighted by molar-refractivity contribution is 7.89. The molecule has 7 nitrogen and oxygen atoms in total. The molecule has 0 aromatic heterocycles. The maximum Gasteiger partial charge on any atom is 0.270 e. The Labute approximate surface area is 140 Å². The van der Waals surface area contributed by atoms with E-state index in [0.29, 0.717) is 12.0 Å². The van der Waals surface area contributed by atoms with E-state index in [2.05, 4.69) is 4.72 Å². The van der Waals surface area contributed by atoms with Crippen molar-refractivity contribution in [3.63, 3.8) is 0 Å². The Morgan fingerprint density at radius 2 is 1.88 bits per heavy atom. The largest absolute Gasteiger partial charge is 0.323 e. The monoisotopic (exact) mass is 349 g/mol. The van der Waals surface area contributed by atoms with Gasteiger partial charge in [0, 0.05) is 24.7 Å². The zero-order valence-electron chi connectivity index (χ0n) is 13.2. The van der Waals surface area contributed by atoms with Crippen molar-refractivity contribution in [3.05, 3.63) is 69.8 Å². The van der Waals surface area contributed by atoms with Crippen molar-refractivity contribution in [1.29, 1.82) is 0 Å². The molecule has 0 heterocycles. The summed E-state index contributed by atoms with van der Waals surface area (Å²) >= 11 is 0. The van der Waals surface area contributed by atoms with Gasteiger partial charge in [0.25, 0.3) is 5.69 Å². The van der Waals surface area contributed by atoms with Gasteiger partial charge in [0.05, 0.1) is 9.82 Å². The number of aryl methyl sites for hydroxylation is 1. The Kier molecular flexibility index (Phi) is 5.66. The summed E-state index contributed by atoms with van der Waals surface area (Å²) in [4.78, 5) is 10.2. The predicted molar refractivity (Wildman–Crippen MR) is 91.0 cm³/mol. The Balaban J connectivity index is 2.24. The number of rotatable bonds is 7. The van der Waals surface area contributed by atoms with E-state index in [-0.39, 0.29) is 17.1 Å². The van der Waals surface area contributed by atoms with E-state index < -0.39 is 21.0 Å². The van der Waals surface area contributed by atoms with Crippen molar-refractivity contribution >= 4 is 15.7 Å². The van der Waals surface area contributed by atoms with Gasteiger partial charge in [-0.05, 0) is 17.5 Å². The van der Waals surface area contributed by atoms with Gasteiger partial charge >= 0.3 is 0 Å². The van der Waals surface area contributed by atoms with Crippen molar-refractivity contribution in [2.24, 2.45) is 5.73 Å². The van der Waals surface area contributed by atoms with Gasteiger partial charge in [0.1, 0.15) is 0 Å². The first-order valence-corrected chi connectivity index (χ1v) is 8.91. The van der Waals surface area contributed by atoms with E-state index in [1.54, 1.807) is 6.92 Å². The van der Waals surface area contributed by atoms with Crippen molar-refractivity contribution < 1.29 is 13.3 Å². The number of hydrogen-bond acceptors (Lipinski definition) is 5. The van der Waals surface area contributed by atoms with Crippen LogP contribution in [0.15, 0.2) is 53.4 Å². The third kappa shape index (κ3) is 4.16. The molecule has 2 aromatic carbocycles. The molecular weight excluding hydrogens is 330 g/mol. The maximum absolute atomic E-state index is 12.5. The zero-order chi connectivity index (χ0) is 17.7. The van der Waals surface area contributed by atoms with E-state index >= 15 is 0 Å². The Morgan fingerprint density at radius 1 is 1.21 bits per heavy atom. The van der Waals surface area contributed by atoms with Crippen LogP contribution in [-0.4, -0.2) is 19.9 Å². The average molecular weight is 349 g/mol. The lowest BCUT2D eigenvalue weighted by molar-refractivity contribution is -0.385. The number of sulfonamides is 1. The number of nitrogens with two attached hydrogens (primary N) is 1. The molecule has 1 atom stereocenters. The van der Waals surface area contributed by atoms with Crippen molar-refractivity contribution in [3.8, 4) is 0 Å². The van der Waals surface area contributed by atoms with Gasteiger partial charge in [-0.25, -0.2) is 13.1 Å². The van der Waals surface area contributed by atoms with Gasteiger partial charge in [0.15, 0.2) is 0 Å². The smallest absolute Gasteiger partial charge is 0.270 e. The van der Waals surface area contributed by atoms with Crippen LogP contribution in [0.25, 0.3) is 0 Å². The van der Waals surface area contributed by atoms with Crippen LogP contribution in [0.2, 0.25) is 0 Å². The van der Waals surface area contributed by atoms with Crippen LogP contribution in [0.4, 0.5) is 5.69 Å². The van der Waals surface area contributed by atoms with Gasteiger partial charge in [-0.2, -0.15) is 0 Å². The van der Waals surface area contributed by atoms with Gasteiger partial charge in [-0.15, -0.1) is 0 Å². The second kappa shape index (κ2) is 7.52. The van der Waals surface area contributed by atoms with Crippen LogP contribution in [-0.2, 0) is 16.4 Å². The minimum absolute atomic E-state index is 0.00179. The molecule has 0 spiro atoms. The molecule has 0 saturated carbocycles. The molecule has 128 valence electrons. The summed E-state index contributed by atoms with van der Waals surface area (Å²) < 4.78 is 27.5. The molecule has 24 heavy (non-hydrogen) atoms. The number of non-ortho nitro benzene ring substituents is 1. The summed E-state index contributed by atoms with van der Waals surface area (Å²) in [5.74, 6) is 0. The number of nitrogens with zero attached hydrogens (tertiary/aromatic N) is 1. The van der Waals surface area contributed by atoms with Crippen molar-refractivity contribution in [2.45, 2.75) is 24.3 Å². The summed E-state index contributed by atoms with van der Waals surface area (Å²) in [7, 11) is -3.90. The van der Waals surface area contributed by atoms with Crippen LogP contribution < -0.4 is 10.5 Å². The van der Waals surface area contributed by atoms with Crippen LogP contribution in [0.3, 0.4) is 0 Å². The van der Waals surface area contributed by atoms with Crippen molar-refractivity contribution in [1.82, 2.24) is 4.72 Å². The number of hydrogen-bond donors (Lipinski definition) is 2. The van der Waals surface area contributed by atoms with Crippen molar-refractivity contribution in [2.75, 3.05) is 6.54 Å². The van der Waals surface area contributed by atoms with Gasteiger partial charge in [-0.3, -0.25) is 10.1 Å². The minimum Gasteiger partial charge on any atom is -0.323 e. The standard InChI is InChI=1S/C16H19N3O4S/c1-2-12-8-9-14(19(20)21)10-16(12)24(22,23)18-11-15(17)13-6-4-3-5-7-13/h3-10,15,18H,2,11,17H2,1H3. The summed E-state index contributed by atoms with van der Waals surface area (Å²) in [6.45, 7) is 1.79. The van der Waals surface area contributed by atoms with E-state index in [1.165, 1.54) is 12.1 Å². The third-order valence-electron chi connectivity index (χ3n) is 3.65. The average Bonchev–Trinajstić information content (AvgIpc) is 2.59. The van der Waals surface area contributed by atoms with E-state index in [1.807, 2.05) is 30.3 Å². The Bertz CT molecular complexity index is 822. The van der Waals surface area contributed by atoms with Gasteiger partial charge in [-0.1, -0.05) is 43.3 Å². The number of nitro benzene ring substituents is 1. The molecule has 8 heteroatoms. The van der Waals surface area contributed by atoms with E-state index in [0.717, 1.165) is 11.6 Å². The predicted octanol–water partition coefficient (Wildman–Crippen LogP) is 2.14. The third-order valence-corrected chi connectivity index (χ3v) is 5.16. The quantitative estimate of drug-likeness (QED) is 0.587. The lowest BCUT2D eigenvalue weighted by atomic mass is 10.1. The van der Waals surface area contributed by atoms with Crippen LogP contribution >= 0.6 is 0 Å². The highest BCUT2D eigenvalue weighted by Crippen LogP contribution is 2.23. The topological polar surface area (TPSA) is 115 Å². The number of nitro groups is 1. The Morgan fingerprint density at radius 3 is 2.46 bits per heavy atom. The molecular formula is C16H19N3O4S. The first-order valence-electron chi connectivity index (χ1n) is 7.42. The summed E-state index contributed by atoms with van der Waals surface area (Å²) in [5, 5.41) is 10.9. The van der Waals surface area contributed by atoms with Gasteiger partial charge < -0.3 is 5.73 Å². The molecule has 2 rings (SSSR count). The molecule has 0 amide bonds. The molecule has 2 aromatic rings. The lowest BCUT2D eigenvalue weighted by Gasteiger charge is -2.15. The summed E-state index contributed by atoms with van der Waals surface area (Å²) in [5.41, 5.74) is 7.05. The molecule has 3 N–H and O–H groups in total. The fraction of sp³-hybridized carbons (Fsp3) is 0.250. The number of benzene rings is 2. The van der Waals surface area contributed by atoms with Crippen LogP contribution in [0, 0.1) is 10.1 Å². The lowest BCUT2D eigenvalue weighted by Crippen LogP contribution is -2.32. The highest BCUT2D eigenvalue weighted by atomic mass is 32.2. The van der Waals surface area contributed by atoms with Gasteiger partial charge in [0.2, 0.25) is 10.0 Å². The summed E-state index contributed by atoms with van der Waals surface area (Å²) in [6.07, 6.45) is 0.443. The fourth-order valence-electron chi connectivity index (χ4n) is 2.29. The highest BCUT2D eigenvalue weighted by Gasteiger charge is 2.22. The molecule has 1 unspecified atom stereocenters. The normalized spacial score (nSPS) is 12.8. The van der Waals surface area contributed by atoms with E-state index in [4.69, 9.17) is 5.73 Å². The van der Waals surface area contributed by atoms with E-state index in [9.17, 15) is 18.5 Å². The molecule has 0 aliphatic rings. The van der Waals surface area contributed by atoms with Crippen LogP contribution in [0.1, 0.15) is 24.1 Å². The van der Waals surface area contributed by atoms with Crippen LogP contribution in [0.5, 0.6) is 0 Å². The molecule has 0 saturated heterocycles. The number of nitrogens with one attached hydrogen (secondary N) is 1. The second-order valence-corrected chi connectivity index (χ2v) is 7.01. The Hall–Kier alpha value is -2.29. The first-order chi connectivity index (χ1) is 11.3. The molecule has 0 fully saturated rings. The summed E-state index contributed by atoms with van der Waals surface area (Å²) in [6, 6.07) is 12.4. The fourth-order valence-corrected chi connectivity index (χ4v) is 3.68. The maximum atomic E-state index is 12.5. The molecule has 0 aliphatic carbocycles. The molecule has 0 aliphatic heterocycles. The second-order valence-electron chi connectivity index (χ2n) is 5.27. The molecule has 0 radical (unpaired) electrons. The molecule has 0 bridgehead atoms. The SMILES string of the molecule is CCc1ccc([N+](=O)[O-])cc1S(=O)(=O)NCC(N)c1ccccc1. The minimum atomic E-state index is -3.90. The zero-order valence-corrected chi connectivity index (χ0v) is 14.0.